The summed E-state index contributed by atoms with van der Waals surface area (Å²) in [5.74, 6) is -2.76. The molecule has 22 heavy (non-hydrogen) atoms. The summed E-state index contributed by atoms with van der Waals surface area (Å²) in [5.41, 5.74) is 2.23. The number of rotatable bonds is 1. The number of anilines is 1. The van der Waals surface area contributed by atoms with Crippen LogP contribution in [0.3, 0.4) is 0 Å². The molecule has 2 N–H and O–H groups in total. The third-order valence-electron chi connectivity index (χ3n) is 3.51. The molecule has 0 radical (unpaired) electrons. The minimum atomic E-state index is -5.08. The molecule has 1 aromatic rings. The fourth-order valence-electron chi connectivity index (χ4n) is 2.31. The van der Waals surface area contributed by atoms with Crippen molar-refractivity contribution in [2.45, 2.75) is 6.18 Å². The number of nitriles is 1. The number of aromatic nitrogens is 1. The molecule has 9 heteroatoms. The van der Waals surface area contributed by atoms with Crippen molar-refractivity contribution in [3.8, 4) is 6.07 Å². The van der Waals surface area contributed by atoms with Gasteiger partial charge in [-0.05, 0) is 6.07 Å². The number of carboxylic acids is 1. The number of hydrogen-bond donors (Lipinski definition) is 2. The zero-order valence-corrected chi connectivity index (χ0v) is 11.4. The van der Waals surface area contributed by atoms with Crippen LogP contribution in [0.15, 0.2) is 18.5 Å². The highest BCUT2D eigenvalue weighted by molar-refractivity contribution is 5.73. The van der Waals surface area contributed by atoms with E-state index in [1.807, 2.05) is 12.3 Å². The Balaban J connectivity index is 0.000000217. The zero-order valence-electron chi connectivity index (χ0n) is 11.4. The van der Waals surface area contributed by atoms with Crippen LogP contribution in [0.1, 0.15) is 5.56 Å². The molecule has 2 aliphatic rings. The van der Waals surface area contributed by atoms with Crippen molar-refractivity contribution in [1.29, 1.82) is 5.26 Å². The first kappa shape index (κ1) is 16.0. The fraction of sp³-hybridized carbons (Fsp3) is 0.462. The van der Waals surface area contributed by atoms with Crippen molar-refractivity contribution in [2.24, 2.45) is 5.41 Å². The van der Waals surface area contributed by atoms with Crippen molar-refractivity contribution in [2.75, 3.05) is 31.1 Å². The fourth-order valence-corrected chi connectivity index (χ4v) is 2.31. The van der Waals surface area contributed by atoms with E-state index in [1.54, 1.807) is 6.20 Å². The van der Waals surface area contributed by atoms with Crippen LogP contribution in [0.2, 0.25) is 0 Å². The lowest BCUT2D eigenvalue weighted by Crippen LogP contribution is -2.71. The smallest absolute Gasteiger partial charge is 0.475 e. The standard InChI is InChI=1S/C11H12N4.C2HF3O2/c12-2-9-1-10(4-13-3-9)15-7-11(8-15)5-14-6-11;3-2(4,5)1(6)7/h1,3-4,14H,5-8H2;(H,6,7). The summed E-state index contributed by atoms with van der Waals surface area (Å²) in [6, 6.07) is 4.03. The molecule has 118 valence electrons. The van der Waals surface area contributed by atoms with Crippen molar-refractivity contribution in [3.63, 3.8) is 0 Å². The average Bonchev–Trinajstić information content (AvgIpc) is 2.35. The second kappa shape index (κ2) is 5.81. The molecule has 0 amide bonds. The number of alkyl halides is 3. The molecule has 3 rings (SSSR count). The van der Waals surface area contributed by atoms with E-state index in [1.165, 1.54) is 0 Å². The van der Waals surface area contributed by atoms with E-state index in [9.17, 15) is 13.2 Å². The SMILES string of the molecule is N#Cc1cncc(N2CC3(CNC3)C2)c1.O=C(O)C(F)(F)F. The molecule has 2 aliphatic heterocycles. The number of nitrogens with zero attached hydrogens (tertiary/aromatic N) is 3. The predicted molar refractivity (Wildman–Crippen MR) is 70.2 cm³/mol. The first-order valence-corrected chi connectivity index (χ1v) is 6.37. The number of hydrogen-bond acceptors (Lipinski definition) is 5. The van der Waals surface area contributed by atoms with Crippen LogP contribution in [0.25, 0.3) is 0 Å². The Morgan fingerprint density at radius 3 is 2.41 bits per heavy atom. The van der Waals surface area contributed by atoms with Gasteiger partial charge in [-0.15, -0.1) is 0 Å². The minimum absolute atomic E-state index is 0.517. The summed E-state index contributed by atoms with van der Waals surface area (Å²) in [7, 11) is 0. The quantitative estimate of drug-likeness (QED) is 0.804. The topological polar surface area (TPSA) is 89.3 Å². The lowest BCUT2D eigenvalue weighted by atomic mass is 9.74. The van der Waals surface area contributed by atoms with Crippen molar-refractivity contribution in [1.82, 2.24) is 10.3 Å². The summed E-state index contributed by atoms with van der Waals surface area (Å²) in [5, 5.41) is 19.2. The van der Waals surface area contributed by atoms with Crippen molar-refractivity contribution >= 4 is 11.7 Å². The van der Waals surface area contributed by atoms with Crippen LogP contribution in [-0.2, 0) is 4.79 Å². The summed E-state index contributed by atoms with van der Waals surface area (Å²) in [4.78, 5) is 15.3. The van der Waals surface area contributed by atoms with Crippen LogP contribution in [0, 0.1) is 16.7 Å². The number of pyridine rings is 1. The molecule has 0 unspecified atom stereocenters. The molecule has 2 fully saturated rings. The molecule has 2 saturated heterocycles. The lowest BCUT2D eigenvalue weighted by Gasteiger charge is -2.57. The summed E-state index contributed by atoms with van der Waals surface area (Å²) < 4.78 is 31.7. The molecular weight excluding hydrogens is 301 g/mol. The summed E-state index contributed by atoms with van der Waals surface area (Å²) in [6.45, 7) is 4.46. The number of carboxylic acid groups (broad SMARTS) is 1. The Labute approximate surface area is 124 Å². The van der Waals surface area contributed by atoms with Gasteiger partial charge in [0.25, 0.3) is 0 Å². The molecule has 6 nitrogen and oxygen atoms in total. The predicted octanol–water partition coefficient (Wildman–Crippen LogP) is 0.996. The molecule has 1 spiro atoms. The molecule has 0 bridgehead atoms. The van der Waals surface area contributed by atoms with E-state index in [4.69, 9.17) is 15.2 Å². The third kappa shape index (κ3) is 3.46. The Bertz CT molecular complexity index is 600. The normalized spacial score (nSPS) is 18.4. The maximum atomic E-state index is 10.6. The number of aliphatic carboxylic acids is 1. The summed E-state index contributed by atoms with van der Waals surface area (Å²) >= 11 is 0. The van der Waals surface area contributed by atoms with Gasteiger partial charge in [0.05, 0.1) is 17.4 Å². The minimum Gasteiger partial charge on any atom is -0.475 e. The van der Waals surface area contributed by atoms with Gasteiger partial charge in [0.15, 0.2) is 0 Å². The van der Waals surface area contributed by atoms with Gasteiger partial charge in [-0.1, -0.05) is 0 Å². The van der Waals surface area contributed by atoms with Gasteiger partial charge in [-0.25, -0.2) is 4.79 Å². The van der Waals surface area contributed by atoms with Gasteiger partial charge in [-0.3, -0.25) is 4.98 Å². The molecule has 0 aliphatic carbocycles. The number of carbonyl (C=O) groups is 1. The Kier molecular flexibility index (Phi) is 4.23. The summed E-state index contributed by atoms with van der Waals surface area (Å²) in [6.07, 6.45) is -1.65. The van der Waals surface area contributed by atoms with E-state index < -0.39 is 12.1 Å². The number of halogens is 3. The van der Waals surface area contributed by atoms with Gasteiger partial charge >= 0.3 is 12.1 Å². The first-order chi connectivity index (χ1) is 10.3. The van der Waals surface area contributed by atoms with Gasteiger partial charge in [0.2, 0.25) is 0 Å². The largest absolute Gasteiger partial charge is 0.490 e. The second-order valence-electron chi connectivity index (χ2n) is 5.31. The van der Waals surface area contributed by atoms with Gasteiger partial charge in [0.1, 0.15) is 6.07 Å². The highest BCUT2D eigenvalue weighted by Gasteiger charge is 2.47. The van der Waals surface area contributed by atoms with Crippen LogP contribution in [-0.4, -0.2) is 48.4 Å². The van der Waals surface area contributed by atoms with E-state index in [0.29, 0.717) is 11.0 Å². The molecule has 0 atom stereocenters. The second-order valence-corrected chi connectivity index (χ2v) is 5.31. The lowest BCUT2D eigenvalue weighted by molar-refractivity contribution is -0.192. The Morgan fingerprint density at radius 2 is 2.00 bits per heavy atom. The van der Waals surface area contributed by atoms with Crippen LogP contribution < -0.4 is 10.2 Å². The van der Waals surface area contributed by atoms with Crippen molar-refractivity contribution < 1.29 is 23.1 Å². The van der Waals surface area contributed by atoms with E-state index in [-0.39, 0.29) is 0 Å². The molecule has 0 aromatic carbocycles. The van der Waals surface area contributed by atoms with E-state index in [2.05, 4.69) is 21.3 Å². The van der Waals surface area contributed by atoms with Gasteiger partial charge in [0, 0.05) is 37.8 Å². The first-order valence-electron chi connectivity index (χ1n) is 6.37. The number of nitrogens with one attached hydrogen (secondary N) is 1. The van der Waals surface area contributed by atoms with E-state index >= 15 is 0 Å². The molecule has 1 aromatic heterocycles. The third-order valence-corrected chi connectivity index (χ3v) is 3.51. The maximum absolute atomic E-state index is 10.6. The van der Waals surface area contributed by atoms with Crippen LogP contribution in [0.4, 0.5) is 18.9 Å². The van der Waals surface area contributed by atoms with Gasteiger partial charge < -0.3 is 15.3 Å². The molecule has 0 saturated carbocycles. The van der Waals surface area contributed by atoms with Gasteiger partial charge in [-0.2, -0.15) is 18.4 Å². The van der Waals surface area contributed by atoms with Crippen LogP contribution >= 0.6 is 0 Å². The monoisotopic (exact) mass is 314 g/mol. The molecule has 3 heterocycles. The average molecular weight is 314 g/mol. The van der Waals surface area contributed by atoms with Crippen molar-refractivity contribution in [3.05, 3.63) is 24.0 Å². The molecular formula is C13H13F3N4O2. The zero-order chi connectivity index (χ0) is 16.4. The van der Waals surface area contributed by atoms with Crippen LogP contribution in [0.5, 0.6) is 0 Å². The maximum Gasteiger partial charge on any atom is 0.490 e. The van der Waals surface area contributed by atoms with E-state index in [0.717, 1.165) is 31.9 Å². The highest BCUT2D eigenvalue weighted by Crippen LogP contribution is 2.37. The Morgan fingerprint density at radius 1 is 1.41 bits per heavy atom. The highest BCUT2D eigenvalue weighted by atomic mass is 19.4. The Hall–Kier alpha value is -2.34.